The number of hydrogen-bond donors (Lipinski definition) is 0. The average molecular weight is 141 g/mol. The number of aldehydes is 1. The van der Waals surface area contributed by atoms with Crippen LogP contribution in [0, 0.1) is 0 Å². The summed E-state index contributed by atoms with van der Waals surface area (Å²) < 4.78 is 12.2. The van der Waals surface area contributed by atoms with Gasteiger partial charge in [0.15, 0.2) is 6.29 Å². The fraction of sp³-hybridized carbons (Fsp3) is 0.143. The lowest BCUT2D eigenvalue weighted by Crippen LogP contribution is -1.92. The van der Waals surface area contributed by atoms with E-state index in [-0.39, 0.29) is 5.71 Å². The minimum absolute atomic E-state index is 0.00407. The van der Waals surface area contributed by atoms with Crippen molar-refractivity contribution in [1.82, 2.24) is 0 Å². The van der Waals surface area contributed by atoms with E-state index in [2.05, 4.69) is 11.6 Å². The first-order chi connectivity index (χ1) is 4.74. The van der Waals surface area contributed by atoms with Crippen LogP contribution >= 0.6 is 0 Å². The van der Waals surface area contributed by atoms with Crippen molar-refractivity contribution < 1.29 is 9.18 Å². The van der Waals surface area contributed by atoms with Gasteiger partial charge in [-0.2, -0.15) is 4.39 Å². The van der Waals surface area contributed by atoms with Crippen LogP contribution in [0.25, 0.3) is 0 Å². The molecule has 0 fully saturated rings. The second-order valence-corrected chi connectivity index (χ2v) is 1.47. The Balaban J connectivity index is 4.39. The van der Waals surface area contributed by atoms with E-state index < -0.39 is 5.95 Å². The summed E-state index contributed by atoms with van der Waals surface area (Å²) in [4.78, 5) is 13.2. The predicted molar refractivity (Wildman–Crippen MR) is 38.6 cm³/mol. The van der Waals surface area contributed by atoms with Gasteiger partial charge in [0.1, 0.15) is 5.71 Å². The lowest BCUT2D eigenvalue weighted by Gasteiger charge is -1.85. The third kappa shape index (κ3) is 2.91. The normalized spacial score (nSPS) is 13.0. The van der Waals surface area contributed by atoms with E-state index in [1.807, 2.05) is 0 Å². The lowest BCUT2D eigenvalue weighted by molar-refractivity contribution is -0.102. The summed E-state index contributed by atoms with van der Waals surface area (Å²) in [5.41, 5.74) is -0.00407. The monoisotopic (exact) mass is 141 g/mol. The van der Waals surface area contributed by atoms with Crippen molar-refractivity contribution in [1.29, 1.82) is 0 Å². The van der Waals surface area contributed by atoms with Crippen LogP contribution in [-0.2, 0) is 4.79 Å². The van der Waals surface area contributed by atoms with Gasteiger partial charge in [-0.3, -0.25) is 4.79 Å². The Labute approximate surface area is 58.8 Å². The van der Waals surface area contributed by atoms with Crippen molar-refractivity contribution in [2.24, 2.45) is 4.99 Å². The Morgan fingerprint density at radius 3 is 2.60 bits per heavy atom. The van der Waals surface area contributed by atoms with E-state index in [4.69, 9.17) is 0 Å². The molecule has 0 amide bonds. The molecule has 0 radical (unpaired) electrons. The van der Waals surface area contributed by atoms with E-state index in [0.29, 0.717) is 6.29 Å². The van der Waals surface area contributed by atoms with Crippen molar-refractivity contribution in [3.05, 3.63) is 24.7 Å². The van der Waals surface area contributed by atoms with Crippen molar-refractivity contribution in [2.75, 3.05) is 0 Å². The maximum atomic E-state index is 12.2. The van der Waals surface area contributed by atoms with Crippen molar-refractivity contribution in [3.63, 3.8) is 0 Å². The molecule has 3 heteroatoms. The molecule has 54 valence electrons. The SMILES string of the molecule is C=C/C(C=O)=N\C(F)=C/C. The standard InChI is InChI=1S/C7H8FNO/c1-3-6(5-10)9-7(8)4-2/h3-5H,1H2,2H3/b7-4-,9-6+. The number of carbonyl (C=O) groups is 1. The van der Waals surface area contributed by atoms with Crippen LogP contribution < -0.4 is 0 Å². The molecule has 0 aliphatic heterocycles. The molecule has 0 rings (SSSR count). The first-order valence-corrected chi connectivity index (χ1v) is 2.72. The van der Waals surface area contributed by atoms with E-state index >= 15 is 0 Å². The number of carbonyl (C=O) groups excluding carboxylic acids is 1. The van der Waals surface area contributed by atoms with Gasteiger partial charge in [0.05, 0.1) is 0 Å². The number of nitrogens with zero attached hydrogens (tertiary/aromatic N) is 1. The van der Waals surface area contributed by atoms with Crippen molar-refractivity contribution in [3.8, 4) is 0 Å². The van der Waals surface area contributed by atoms with Crippen LogP contribution in [0.4, 0.5) is 4.39 Å². The van der Waals surface area contributed by atoms with Crippen LogP contribution in [0.15, 0.2) is 29.7 Å². The van der Waals surface area contributed by atoms with Crippen LogP contribution in [0.1, 0.15) is 6.92 Å². The fourth-order valence-electron chi connectivity index (χ4n) is 0.308. The molecule has 0 atom stereocenters. The Morgan fingerprint density at radius 1 is 1.70 bits per heavy atom. The third-order valence-electron chi connectivity index (χ3n) is 0.804. The fourth-order valence-corrected chi connectivity index (χ4v) is 0.308. The van der Waals surface area contributed by atoms with Gasteiger partial charge >= 0.3 is 0 Å². The van der Waals surface area contributed by atoms with Gasteiger partial charge < -0.3 is 0 Å². The average Bonchev–Trinajstić information content (AvgIpc) is 1.99. The summed E-state index contributed by atoms with van der Waals surface area (Å²) in [5, 5.41) is 0. The molecule has 0 N–H and O–H groups in total. The molecule has 0 aromatic carbocycles. The first kappa shape index (κ1) is 8.75. The maximum Gasteiger partial charge on any atom is 0.209 e. The number of hydrogen-bond acceptors (Lipinski definition) is 2. The van der Waals surface area contributed by atoms with Gasteiger partial charge in [-0.25, -0.2) is 4.99 Å². The predicted octanol–water partition coefficient (Wildman–Crippen LogP) is 1.64. The highest BCUT2D eigenvalue weighted by Crippen LogP contribution is 1.97. The number of halogens is 1. The number of rotatable bonds is 3. The summed E-state index contributed by atoms with van der Waals surface area (Å²) in [6, 6.07) is 0. The van der Waals surface area contributed by atoms with Crippen molar-refractivity contribution >= 4 is 12.0 Å². The molecular weight excluding hydrogens is 133 g/mol. The Bertz CT molecular complexity index is 184. The quantitative estimate of drug-likeness (QED) is 0.334. The zero-order valence-corrected chi connectivity index (χ0v) is 5.67. The number of aliphatic imine (C=N–C) groups is 1. The van der Waals surface area contributed by atoms with E-state index in [0.717, 1.165) is 6.08 Å². The summed E-state index contributed by atoms with van der Waals surface area (Å²) in [6.45, 7) is 4.75. The molecule has 0 saturated heterocycles. The second kappa shape index (κ2) is 4.61. The largest absolute Gasteiger partial charge is 0.296 e. The van der Waals surface area contributed by atoms with E-state index in [1.54, 1.807) is 0 Å². The van der Waals surface area contributed by atoms with Crippen LogP contribution in [0.3, 0.4) is 0 Å². The van der Waals surface area contributed by atoms with Crippen LogP contribution in [-0.4, -0.2) is 12.0 Å². The molecule has 0 aromatic rings. The highest BCUT2D eigenvalue weighted by Gasteiger charge is 1.90. The molecule has 0 aliphatic rings. The van der Waals surface area contributed by atoms with Crippen LogP contribution in [0.5, 0.6) is 0 Å². The molecule has 0 spiro atoms. The Morgan fingerprint density at radius 2 is 2.30 bits per heavy atom. The topological polar surface area (TPSA) is 29.4 Å². The Kier molecular flexibility index (Phi) is 4.04. The van der Waals surface area contributed by atoms with Crippen molar-refractivity contribution in [2.45, 2.75) is 6.92 Å². The molecule has 0 bridgehead atoms. The minimum atomic E-state index is -0.679. The van der Waals surface area contributed by atoms with Gasteiger partial charge in [0.25, 0.3) is 0 Å². The molecule has 0 heterocycles. The van der Waals surface area contributed by atoms with Gasteiger partial charge in [0.2, 0.25) is 5.95 Å². The summed E-state index contributed by atoms with van der Waals surface area (Å²) >= 11 is 0. The van der Waals surface area contributed by atoms with E-state index in [9.17, 15) is 9.18 Å². The maximum absolute atomic E-state index is 12.2. The van der Waals surface area contributed by atoms with Gasteiger partial charge in [-0.1, -0.05) is 6.58 Å². The summed E-state index contributed by atoms with van der Waals surface area (Å²) in [6.07, 6.45) is 2.79. The molecule has 0 aromatic heterocycles. The zero-order valence-electron chi connectivity index (χ0n) is 5.67. The molecule has 0 saturated carbocycles. The van der Waals surface area contributed by atoms with Crippen LogP contribution in [0.2, 0.25) is 0 Å². The highest BCUT2D eigenvalue weighted by atomic mass is 19.1. The first-order valence-electron chi connectivity index (χ1n) is 2.72. The minimum Gasteiger partial charge on any atom is -0.296 e. The molecule has 2 nitrogen and oxygen atoms in total. The third-order valence-corrected chi connectivity index (χ3v) is 0.804. The highest BCUT2D eigenvalue weighted by molar-refractivity contribution is 6.33. The molecule has 10 heavy (non-hydrogen) atoms. The van der Waals surface area contributed by atoms with E-state index in [1.165, 1.54) is 13.0 Å². The molecule has 0 aliphatic carbocycles. The number of allylic oxidation sites excluding steroid dienone is 2. The molecule has 0 unspecified atom stereocenters. The molecular formula is C7H8FNO. The van der Waals surface area contributed by atoms with Gasteiger partial charge in [-0.05, 0) is 19.1 Å². The van der Waals surface area contributed by atoms with Gasteiger partial charge in [-0.15, -0.1) is 0 Å². The summed E-state index contributed by atoms with van der Waals surface area (Å²) in [7, 11) is 0. The Hall–Kier alpha value is -1.25. The van der Waals surface area contributed by atoms with Gasteiger partial charge in [0, 0.05) is 0 Å². The summed E-state index contributed by atoms with van der Waals surface area (Å²) in [5.74, 6) is -0.679. The second-order valence-electron chi connectivity index (χ2n) is 1.47. The smallest absolute Gasteiger partial charge is 0.209 e. The zero-order chi connectivity index (χ0) is 7.98. The lowest BCUT2D eigenvalue weighted by atomic mass is 10.4.